The van der Waals surface area contributed by atoms with E-state index in [1.54, 1.807) is 7.28 Å². The molecule has 0 bridgehead atoms. The minimum absolute atomic E-state index is 0.0129. The fourth-order valence-corrected chi connectivity index (χ4v) is 2.65. The van der Waals surface area contributed by atoms with Crippen molar-refractivity contribution in [1.82, 2.24) is 0 Å². The fraction of sp³-hybridized carbons (Fsp3) is 0.500. The fourth-order valence-electron chi connectivity index (χ4n) is 2.65. The number of hydrogen-bond donors (Lipinski definition) is 1. The van der Waals surface area contributed by atoms with Crippen LogP contribution in [0.4, 0.5) is 0 Å². The van der Waals surface area contributed by atoms with Crippen LogP contribution in [0, 0.1) is 0 Å². The van der Waals surface area contributed by atoms with Gasteiger partial charge in [-0.3, -0.25) is 4.79 Å². The van der Waals surface area contributed by atoms with Crippen molar-refractivity contribution in [3.8, 4) is 5.75 Å². The van der Waals surface area contributed by atoms with Gasteiger partial charge in [0.05, 0.1) is 29.6 Å². The molecule has 3 nitrogen and oxygen atoms in total. The van der Waals surface area contributed by atoms with Gasteiger partial charge in [0.1, 0.15) is 5.75 Å². The van der Waals surface area contributed by atoms with Crippen LogP contribution in [0.15, 0.2) is 18.2 Å². The molecule has 0 saturated heterocycles. The molecule has 0 spiro atoms. The van der Waals surface area contributed by atoms with Crippen molar-refractivity contribution in [3.05, 3.63) is 29.3 Å². The maximum absolute atomic E-state index is 10.7. The van der Waals surface area contributed by atoms with Crippen LogP contribution in [0.5, 0.6) is 5.75 Å². The van der Waals surface area contributed by atoms with Crippen molar-refractivity contribution in [2.75, 3.05) is 6.61 Å². The summed E-state index contributed by atoms with van der Waals surface area (Å²) in [5, 5.41) is 7.93. The van der Waals surface area contributed by atoms with E-state index in [-0.39, 0.29) is 12.3 Å². The van der Waals surface area contributed by atoms with Crippen LogP contribution in [0.2, 0.25) is 11.9 Å². The molecule has 1 N–H and O–H groups in total. The highest BCUT2D eigenvalue weighted by molar-refractivity contribution is 6.67. The summed E-state index contributed by atoms with van der Waals surface area (Å²) in [4.78, 5) is 10.7. The number of fused-ring (bicyclic) bond motifs is 1. The number of benzene rings is 1. The Bertz CT molecular complexity index is 502. The molecule has 1 aromatic rings. The topological polar surface area (TPSA) is 46.5 Å². The van der Waals surface area contributed by atoms with Crippen molar-refractivity contribution in [2.24, 2.45) is 0 Å². The summed E-state index contributed by atoms with van der Waals surface area (Å²) in [5.74, 6) is -0.0722. The van der Waals surface area contributed by atoms with E-state index in [2.05, 4.69) is 0 Å². The highest BCUT2D eigenvalue weighted by atomic mass is 16.5. The second kappa shape index (κ2) is 5.98. The zero-order valence-electron chi connectivity index (χ0n) is 11.6. The first kappa shape index (κ1) is 15.1. The first-order valence-electron chi connectivity index (χ1n) is 6.80. The van der Waals surface area contributed by atoms with Gasteiger partial charge in [0.25, 0.3) is 0 Å². The van der Waals surface area contributed by atoms with Crippen molar-refractivity contribution in [1.29, 1.82) is 0 Å². The first-order valence-corrected chi connectivity index (χ1v) is 6.80. The van der Waals surface area contributed by atoms with Gasteiger partial charge in [-0.2, -0.15) is 0 Å². The second-order valence-corrected chi connectivity index (χ2v) is 5.21. The van der Waals surface area contributed by atoms with E-state index in [0.29, 0.717) is 13.0 Å². The number of ether oxygens (including phenoxy) is 1. The Morgan fingerprint density at radius 2 is 2.30 bits per heavy atom. The van der Waals surface area contributed by atoms with Gasteiger partial charge in [-0.05, 0) is 29.9 Å². The largest absolute Gasteiger partial charge is 0.493 e. The quantitative estimate of drug-likeness (QED) is 0.824. The molecular weight excluding hydrogens is 249 g/mol. The van der Waals surface area contributed by atoms with Crippen LogP contribution in [-0.4, -0.2) is 40.7 Å². The summed E-state index contributed by atoms with van der Waals surface area (Å²) in [6.45, 7) is 2.40. The third kappa shape index (κ3) is 3.05. The van der Waals surface area contributed by atoms with Gasteiger partial charge < -0.3 is 9.84 Å². The molecule has 1 heterocycles. The Kier molecular flexibility index (Phi) is 4.51. The zero-order chi connectivity index (χ0) is 14.8. The predicted octanol–water partition coefficient (Wildman–Crippen LogP) is 1.73. The Balaban J connectivity index is 2.33. The molecule has 20 heavy (non-hydrogen) atoms. The third-order valence-corrected chi connectivity index (χ3v) is 3.87. The van der Waals surface area contributed by atoms with Gasteiger partial charge in [-0.15, -0.1) is 5.11 Å². The van der Waals surface area contributed by atoms with E-state index in [0.717, 1.165) is 23.3 Å². The molecule has 1 aliphatic heterocycles. The van der Waals surface area contributed by atoms with Crippen LogP contribution in [0.25, 0.3) is 0 Å². The highest BCUT2D eigenvalue weighted by Crippen LogP contribution is 2.46. The number of rotatable bonds is 5. The average molecular weight is 265 g/mol. The predicted molar refractivity (Wildman–Crippen MR) is 81.1 cm³/mol. The molecule has 2 rings (SSSR count). The normalized spacial score (nSPS) is 17.9. The van der Waals surface area contributed by atoms with Gasteiger partial charge in [0.15, 0.2) is 0 Å². The summed E-state index contributed by atoms with van der Waals surface area (Å²) in [6, 6.07) is 5.76. The van der Waals surface area contributed by atoms with Crippen LogP contribution in [0.1, 0.15) is 29.9 Å². The van der Waals surface area contributed by atoms with Crippen LogP contribution in [-0.2, 0) is 11.2 Å². The average Bonchev–Trinajstić information content (AvgIpc) is 2.44. The zero-order valence-corrected chi connectivity index (χ0v) is 11.6. The summed E-state index contributed by atoms with van der Waals surface area (Å²) >= 11 is 0. The van der Waals surface area contributed by atoms with Gasteiger partial charge in [-0.1, -0.05) is 25.0 Å². The molecule has 0 amide bonds. The lowest BCUT2D eigenvalue weighted by Gasteiger charge is -2.39. The number of aliphatic carboxylic acids is 1. The van der Waals surface area contributed by atoms with Crippen LogP contribution in [0.3, 0.4) is 0 Å². The maximum Gasteiger partial charge on any atom is 0.303 e. The molecule has 0 aromatic heterocycles. The Morgan fingerprint density at radius 1 is 1.55 bits per heavy atom. The van der Waals surface area contributed by atoms with E-state index in [1.165, 1.54) is 0 Å². The van der Waals surface area contributed by atoms with E-state index < -0.39 is 11.1 Å². The lowest BCUT2D eigenvalue weighted by atomic mass is 9.29. The number of para-hydroxylation sites is 1. The maximum atomic E-state index is 10.7. The van der Waals surface area contributed by atoms with Gasteiger partial charge >= 0.3 is 5.97 Å². The van der Waals surface area contributed by atoms with Crippen molar-refractivity contribution >= 4 is 28.9 Å². The van der Waals surface area contributed by atoms with Gasteiger partial charge in [0.2, 0.25) is 0 Å². The van der Waals surface area contributed by atoms with E-state index in [1.807, 2.05) is 25.0 Å². The summed E-state index contributed by atoms with van der Waals surface area (Å²) in [6.07, 6.45) is 1.29. The molecule has 5 radical (unpaired) electrons. The van der Waals surface area contributed by atoms with Crippen molar-refractivity contribution < 1.29 is 14.6 Å². The Morgan fingerprint density at radius 3 is 2.95 bits per heavy atom. The second-order valence-electron chi connectivity index (χ2n) is 5.21. The van der Waals surface area contributed by atoms with Crippen LogP contribution >= 0.6 is 0 Å². The molecule has 0 saturated carbocycles. The van der Waals surface area contributed by atoms with Crippen LogP contribution < -0.4 is 4.74 Å². The summed E-state index contributed by atoms with van der Waals surface area (Å²) < 4.78 is 5.74. The number of hydrogen-bond acceptors (Lipinski definition) is 2. The lowest BCUT2D eigenvalue weighted by molar-refractivity contribution is -0.136. The van der Waals surface area contributed by atoms with Gasteiger partial charge in [-0.25, -0.2) is 0 Å². The van der Waals surface area contributed by atoms with Gasteiger partial charge in [0, 0.05) is 6.42 Å². The standard InChI is InChI=1S/C14H16B3O3/c1-17-14(15,16)11-7-8-20-13-9(5-6-12(18)19)3-2-4-10(11)13/h2-4,11H,5-8H2,1H3,(H,18,19). The molecule has 1 aromatic carbocycles. The summed E-state index contributed by atoms with van der Waals surface area (Å²) in [7, 11) is 14.1. The number of carboxylic acids is 1. The molecule has 6 heteroatoms. The number of aryl methyl sites for hydroxylation is 1. The number of carboxylic acid groups (broad SMARTS) is 1. The molecule has 1 atom stereocenters. The summed E-state index contributed by atoms with van der Waals surface area (Å²) in [5.41, 5.74) is 1.88. The van der Waals surface area contributed by atoms with Crippen molar-refractivity contribution in [3.63, 3.8) is 0 Å². The molecular formula is C14H16B3O3. The third-order valence-electron chi connectivity index (χ3n) is 3.87. The Hall–Kier alpha value is -1.32. The molecule has 1 unspecified atom stereocenters. The minimum Gasteiger partial charge on any atom is -0.493 e. The minimum atomic E-state index is -0.885. The first-order chi connectivity index (χ1) is 9.45. The lowest BCUT2D eigenvalue weighted by Crippen LogP contribution is -2.31. The SMILES string of the molecule is [B]C([B])([B]C)C1CCOc2c(CCC(=O)O)cccc21. The Labute approximate surface area is 123 Å². The van der Waals surface area contributed by atoms with Crippen molar-refractivity contribution in [2.45, 2.75) is 37.1 Å². The molecule has 99 valence electrons. The molecule has 1 aliphatic rings. The smallest absolute Gasteiger partial charge is 0.303 e. The van der Waals surface area contributed by atoms with E-state index in [9.17, 15) is 4.79 Å². The molecule has 0 aliphatic carbocycles. The van der Waals surface area contributed by atoms with E-state index >= 15 is 0 Å². The highest BCUT2D eigenvalue weighted by Gasteiger charge is 2.33. The molecule has 0 fully saturated rings. The monoisotopic (exact) mass is 265 g/mol. The van der Waals surface area contributed by atoms with E-state index in [4.69, 9.17) is 25.5 Å². The number of carbonyl (C=O) groups is 1.